The van der Waals surface area contributed by atoms with Gasteiger partial charge in [0.05, 0.1) is 37.4 Å². The third kappa shape index (κ3) is 3.56. The molecule has 1 aliphatic rings. The minimum atomic E-state index is -0.322. The van der Waals surface area contributed by atoms with Crippen LogP contribution in [0, 0.1) is 0 Å². The van der Waals surface area contributed by atoms with E-state index in [-0.39, 0.29) is 5.91 Å². The quantitative estimate of drug-likeness (QED) is 0.610. The summed E-state index contributed by atoms with van der Waals surface area (Å²) in [5, 5.41) is 5.32. The first-order valence-corrected chi connectivity index (χ1v) is 6.88. The molecule has 2 amide bonds. The standard InChI is InChI=1S/C15H19N3O4/c1-3-15(20)17-11-8-12(16-10-19)14(21-2)9-13(11)18-4-6-22-7-5-18/h3,8-10H,1,4-7H2,2H3,(H,16,19)(H,17,20). The van der Waals surface area contributed by atoms with Crippen LogP contribution in [0.1, 0.15) is 0 Å². The minimum absolute atomic E-state index is 0.322. The van der Waals surface area contributed by atoms with Gasteiger partial charge in [-0.2, -0.15) is 0 Å². The van der Waals surface area contributed by atoms with Crippen molar-refractivity contribution in [3.63, 3.8) is 0 Å². The highest BCUT2D eigenvalue weighted by atomic mass is 16.5. The molecular weight excluding hydrogens is 286 g/mol. The van der Waals surface area contributed by atoms with Gasteiger partial charge in [0.2, 0.25) is 12.3 Å². The Kier molecular flexibility index (Phi) is 5.37. The molecule has 7 heteroatoms. The summed E-state index contributed by atoms with van der Waals surface area (Å²) in [7, 11) is 1.52. The number of nitrogens with one attached hydrogen (secondary N) is 2. The topological polar surface area (TPSA) is 79.9 Å². The number of amides is 2. The second-order valence-corrected chi connectivity index (χ2v) is 4.62. The van der Waals surface area contributed by atoms with Crippen molar-refractivity contribution < 1.29 is 19.1 Å². The zero-order valence-corrected chi connectivity index (χ0v) is 12.4. The Hall–Kier alpha value is -2.54. The lowest BCUT2D eigenvalue weighted by atomic mass is 10.2. The third-order valence-electron chi connectivity index (χ3n) is 3.33. The fraction of sp³-hybridized carbons (Fsp3) is 0.333. The molecule has 1 heterocycles. The summed E-state index contributed by atoms with van der Waals surface area (Å²) in [4.78, 5) is 24.5. The van der Waals surface area contributed by atoms with Crippen LogP contribution < -0.4 is 20.3 Å². The van der Waals surface area contributed by atoms with Crippen molar-refractivity contribution in [3.05, 3.63) is 24.8 Å². The van der Waals surface area contributed by atoms with Gasteiger partial charge in [-0.15, -0.1) is 0 Å². The normalized spacial score (nSPS) is 14.1. The van der Waals surface area contributed by atoms with Gasteiger partial charge < -0.3 is 25.0 Å². The van der Waals surface area contributed by atoms with Crippen LogP contribution in [0.5, 0.6) is 5.75 Å². The zero-order valence-electron chi connectivity index (χ0n) is 12.4. The van der Waals surface area contributed by atoms with Gasteiger partial charge in [-0.3, -0.25) is 9.59 Å². The summed E-state index contributed by atoms with van der Waals surface area (Å²) in [5.41, 5.74) is 1.87. The Morgan fingerprint density at radius 1 is 1.36 bits per heavy atom. The highest BCUT2D eigenvalue weighted by Crippen LogP contribution is 2.37. The molecule has 1 aliphatic heterocycles. The molecule has 0 aromatic heterocycles. The molecule has 0 spiro atoms. The summed E-state index contributed by atoms with van der Waals surface area (Å²) in [6.45, 7) is 6.10. The molecule has 2 rings (SSSR count). The van der Waals surface area contributed by atoms with E-state index in [2.05, 4.69) is 22.1 Å². The maximum Gasteiger partial charge on any atom is 0.247 e. The first-order chi connectivity index (χ1) is 10.7. The SMILES string of the molecule is C=CC(=O)Nc1cc(NC=O)c(OC)cc1N1CCOCC1. The van der Waals surface area contributed by atoms with E-state index in [0.29, 0.717) is 49.8 Å². The number of hydrogen-bond donors (Lipinski definition) is 2. The Morgan fingerprint density at radius 3 is 2.68 bits per heavy atom. The van der Waals surface area contributed by atoms with Gasteiger partial charge in [0.15, 0.2) is 0 Å². The Bertz CT molecular complexity index is 568. The number of carbonyl (C=O) groups is 2. The molecule has 0 saturated carbocycles. The molecule has 118 valence electrons. The molecule has 1 saturated heterocycles. The van der Waals surface area contributed by atoms with E-state index in [4.69, 9.17) is 9.47 Å². The lowest BCUT2D eigenvalue weighted by molar-refractivity contribution is -0.112. The summed E-state index contributed by atoms with van der Waals surface area (Å²) < 4.78 is 10.7. The Labute approximate surface area is 128 Å². The maximum absolute atomic E-state index is 11.6. The molecule has 0 unspecified atom stereocenters. The van der Waals surface area contributed by atoms with Gasteiger partial charge in [-0.25, -0.2) is 0 Å². The summed E-state index contributed by atoms with van der Waals surface area (Å²) in [6, 6.07) is 3.45. The molecule has 0 bridgehead atoms. The molecule has 0 aliphatic carbocycles. The van der Waals surface area contributed by atoms with Crippen LogP contribution in [0.25, 0.3) is 0 Å². The summed E-state index contributed by atoms with van der Waals surface area (Å²) >= 11 is 0. The van der Waals surface area contributed by atoms with E-state index in [1.807, 2.05) is 0 Å². The molecule has 1 aromatic carbocycles. The number of carbonyl (C=O) groups excluding carboxylic acids is 2. The van der Waals surface area contributed by atoms with Crippen molar-refractivity contribution in [1.82, 2.24) is 0 Å². The van der Waals surface area contributed by atoms with E-state index < -0.39 is 0 Å². The van der Waals surface area contributed by atoms with Gasteiger partial charge in [0, 0.05) is 19.2 Å². The molecule has 1 aromatic rings. The zero-order chi connectivity index (χ0) is 15.9. The number of morpholine rings is 1. The molecule has 2 N–H and O–H groups in total. The van der Waals surface area contributed by atoms with E-state index in [0.717, 1.165) is 5.69 Å². The lowest BCUT2D eigenvalue weighted by Crippen LogP contribution is -2.36. The average Bonchev–Trinajstić information content (AvgIpc) is 2.56. The summed E-state index contributed by atoms with van der Waals surface area (Å²) in [6.07, 6.45) is 1.76. The van der Waals surface area contributed by atoms with Gasteiger partial charge >= 0.3 is 0 Å². The molecular formula is C15H19N3O4. The van der Waals surface area contributed by atoms with Gasteiger partial charge in [-0.05, 0) is 12.1 Å². The molecule has 0 atom stereocenters. The third-order valence-corrected chi connectivity index (χ3v) is 3.33. The number of nitrogens with zero attached hydrogens (tertiary/aromatic N) is 1. The lowest BCUT2D eigenvalue weighted by Gasteiger charge is -2.31. The van der Waals surface area contributed by atoms with Crippen molar-refractivity contribution in [2.75, 3.05) is 48.9 Å². The number of benzene rings is 1. The fourth-order valence-corrected chi connectivity index (χ4v) is 2.26. The smallest absolute Gasteiger partial charge is 0.247 e. The van der Waals surface area contributed by atoms with Crippen molar-refractivity contribution in [2.24, 2.45) is 0 Å². The van der Waals surface area contributed by atoms with Gasteiger partial charge in [0.1, 0.15) is 5.75 Å². The van der Waals surface area contributed by atoms with Gasteiger partial charge in [0.25, 0.3) is 0 Å². The van der Waals surface area contributed by atoms with Crippen LogP contribution in [-0.2, 0) is 14.3 Å². The Morgan fingerprint density at radius 2 is 2.09 bits per heavy atom. The predicted molar refractivity (Wildman–Crippen MR) is 84.5 cm³/mol. The van der Waals surface area contributed by atoms with Crippen LogP contribution in [0.4, 0.5) is 17.1 Å². The van der Waals surface area contributed by atoms with Crippen LogP contribution in [0.15, 0.2) is 24.8 Å². The van der Waals surface area contributed by atoms with E-state index in [9.17, 15) is 9.59 Å². The second-order valence-electron chi connectivity index (χ2n) is 4.62. The predicted octanol–water partition coefficient (Wildman–Crippen LogP) is 1.22. The highest BCUT2D eigenvalue weighted by Gasteiger charge is 2.19. The monoisotopic (exact) mass is 305 g/mol. The van der Waals surface area contributed by atoms with Crippen molar-refractivity contribution in [2.45, 2.75) is 0 Å². The maximum atomic E-state index is 11.6. The first-order valence-electron chi connectivity index (χ1n) is 6.88. The van der Waals surface area contributed by atoms with Crippen molar-refractivity contribution >= 4 is 29.4 Å². The van der Waals surface area contributed by atoms with Crippen LogP contribution in [0.2, 0.25) is 0 Å². The molecule has 22 heavy (non-hydrogen) atoms. The number of rotatable bonds is 6. The van der Waals surface area contributed by atoms with Gasteiger partial charge in [-0.1, -0.05) is 6.58 Å². The highest BCUT2D eigenvalue weighted by molar-refractivity contribution is 6.02. The van der Waals surface area contributed by atoms with E-state index in [1.165, 1.54) is 13.2 Å². The fourth-order valence-electron chi connectivity index (χ4n) is 2.26. The first kappa shape index (κ1) is 15.8. The van der Waals surface area contributed by atoms with Crippen molar-refractivity contribution in [3.8, 4) is 5.75 Å². The minimum Gasteiger partial charge on any atom is -0.494 e. The largest absolute Gasteiger partial charge is 0.494 e. The van der Waals surface area contributed by atoms with Crippen LogP contribution >= 0.6 is 0 Å². The number of ether oxygens (including phenoxy) is 2. The second kappa shape index (κ2) is 7.46. The molecule has 0 radical (unpaired) electrons. The number of methoxy groups -OCH3 is 1. The van der Waals surface area contributed by atoms with Crippen LogP contribution in [0.3, 0.4) is 0 Å². The van der Waals surface area contributed by atoms with Crippen LogP contribution in [-0.4, -0.2) is 45.7 Å². The number of anilines is 3. The van der Waals surface area contributed by atoms with Crippen molar-refractivity contribution in [1.29, 1.82) is 0 Å². The Balaban J connectivity index is 2.44. The summed E-state index contributed by atoms with van der Waals surface area (Å²) in [5.74, 6) is 0.196. The molecule has 1 fully saturated rings. The average molecular weight is 305 g/mol. The molecule has 7 nitrogen and oxygen atoms in total. The van der Waals surface area contributed by atoms with E-state index in [1.54, 1.807) is 12.1 Å². The number of hydrogen-bond acceptors (Lipinski definition) is 5. The van der Waals surface area contributed by atoms with E-state index >= 15 is 0 Å².